The molecule has 0 aliphatic rings. The Kier molecular flexibility index (Phi) is 5.72. The van der Waals surface area contributed by atoms with E-state index in [9.17, 15) is 4.79 Å². The molecule has 4 heteroatoms. The number of carbonyl (C=O) groups is 1. The molecule has 1 unspecified atom stereocenters. The lowest BCUT2D eigenvalue weighted by molar-refractivity contribution is -0.125. The highest BCUT2D eigenvalue weighted by molar-refractivity contribution is 5.78. The number of carbonyl (C=O) groups excluding carboxylic acids is 1. The van der Waals surface area contributed by atoms with Crippen molar-refractivity contribution in [3.8, 4) is 0 Å². The van der Waals surface area contributed by atoms with Crippen LogP contribution in [-0.2, 0) is 9.53 Å². The second-order valence-electron chi connectivity index (χ2n) is 4.05. The van der Waals surface area contributed by atoms with Crippen molar-refractivity contribution >= 4 is 5.91 Å². The lowest BCUT2D eigenvalue weighted by atomic mass is 10.1. The van der Waals surface area contributed by atoms with Crippen molar-refractivity contribution in [2.75, 3.05) is 19.7 Å². The zero-order valence-corrected chi connectivity index (χ0v) is 9.59. The average molecular weight is 202 g/mol. The predicted octanol–water partition coefficient (Wildman–Crippen LogP) is 0.513. The zero-order chi connectivity index (χ0) is 11.2. The van der Waals surface area contributed by atoms with E-state index in [1.165, 1.54) is 0 Å². The van der Waals surface area contributed by atoms with Crippen molar-refractivity contribution in [3.63, 3.8) is 0 Å². The summed E-state index contributed by atoms with van der Waals surface area (Å²) >= 11 is 0. The molecule has 0 spiro atoms. The summed E-state index contributed by atoms with van der Waals surface area (Å²) in [4.78, 5) is 11.4. The molecule has 1 atom stereocenters. The van der Waals surface area contributed by atoms with Crippen LogP contribution >= 0.6 is 0 Å². The van der Waals surface area contributed by atoms with Crippen molar-refractivity contribution in [3.05, 3.63) is 0 Å². The Balaban J connectivity index is 3.87. The van der Waals surface area contributed by atoms with Crippen LogP contribution in [0.25, 0.3) is 0 Å². The number of ether oxygens (including phenoxy) is 1. The Hall–Kier alpha value is -0.610. The van der Waals surface area contributed by atoms with Crippen LogP contribution in [-0.4, -0.2) is 31.2 Å². The third kappa shape index (κ3) is 5.19. The molecule has 0 rings (SSSR count). The number of nitrogens with two attached hydrogens (primary N) is 1. The fraction of sp³-hybridized carbons (Fsp3) is 0.900. The van der Waals surface area contributed by atoms with E-state index in [2.05, 4.69) is 5.32 Å². The minimum atomic E-state index is -0.307. The van der Waals surface area contributed by atoms with Crippen molar-refractivity contribution < 1.29 is 9.53 Å². The monoisotopic (exact) mass is 202 g/mol. The van der Waals surface area contributed by atoms with Gasteiger partial charge in [-0.05, 0) is 20.8 Å². The standard InChI is InChI=1S/C10H22N2O2/c1-5-14-10(3,4)7-12-9(13)8(2)6-11/h8H,5-7,11H2,1-4H3,(H,12,13). The highest BCUT2D eigenvalue weighted by Crippen LogP contribution is 2.07. The predicted molar refractivity (Wildman–Crippen MR) is 56.9 cm³/mol. The topological polar surface area (TPSA) is 64.3 Å². The molecule has 0 aromatic heterocycles. The maximum Gasteiger partial charge on any atom is 0.224 e. The van der Waals surface area contributed by atoms with E-state index >= 15 is 0 Å². The Morgan fingerprint density at radius 2 is 2.14 bits per heavy atom. The first-order valence-electron chi connectivity index (χ1n) is 5.04. The molecule has 0 aliphatic heterocycles. The maximum atomic E-state index is 11.4. The first-order chi connectivity index (χ1) is 6.43. The van der Waals surface area contributed by atoms with Crippen LogP contribution in [0.1, 0.15) is 27.7 Å². The van der Waals surface area contributed by atoms with Crippen molar-refractivity contribution in [1.29, 1.82) is 0 Å². The fourth-order valence-electron chi connectivity index (χ4n) is 1.02. The summed E-state index contributed by atoms with van der Waals surface area (Å²) in [5, 5.41) is 2.81. The van der Waals surface area contributed by atoms with E-state index in [-0.39, 0.29) is 17.4 Å². The van der Waals surface area contributed by atoms with E-state index in [4.69, 9.17) is 10.5 Å². The average Bonchev–Trinajstić information content (AvgIpc) is 2.13. The molecule has 1 amide bonds. The quantitative estimate of drug-likeness (QED) is 0.659. The first-order valence-corrected chi connectivity index (χ1v) is 5.04. The normalized spacial score (nSPS) is 13.8. The molecule has 0 bridgehead atoms. The van der Waals surface area contributed by atoms with E-state index in [0.717, 1.165) is 0 Å². The van der Waals surface area contributed by atoms with E-state index < -0.39 is 0 Å². The molecule has 0 aliphatic carbocycles. The number of rotatable bonds is 6. The lowest BCUT2D eigenvalue weighted by Gasteiger charge is -2.25. The smallest absolute Gasteiger partial charge is 0.224 e. The van der Waals surface area contributed by atoms with Gasteiger partial charge in [0.1, 0.15) is 0 Å². The van der Waals surface area contributed by atoms with Gasteiger partial charge in [-0.2, -0.15) is 0 Å². The number of nitrogens with one attached hydrogen (secondary N) is 1. The van der Waals surface area contributed by atoms with Crippen LogP contribution in [0.4, 0.5) is 0 Å². The largest absolute Gasteiger partial charge is 0.374 e. The highest BCUT2D eigenvalue weighted by atomic mass is 16.5. The summed E-state index contributed by atoms with van der Waals surface area (Å²) in [5.41, 5.74) is 5.07. The molecule has 0 heterocycles. The molecular weight excluding hydrogens is 180 g/mol. The number of hydrogen-bond donors (Lipinski definition) is 2. The first kappa shape index (κ1) is 13.4. The Bertz CT molecular complexity index is 181. The van der Waals surface area contributed by atoms with Gasteiger partial charge in [0.2, 0.25) is 5.91 Å². The van der Waals surface area contributed by atoms with Crippen molar-refractivity contribution in [1.82, 2.24) is 5.32 Å². The van der Waals surface area contributed by atoms with E-state index in [0.29, 0.717) is 19.7 Å². The molecule has 3 N–H and O–H groups in total. The summed E-state index contributed by atoms with van der Waals surface area (Å²) in [5.74, 6) is -0.146. The summed E-state index contributed by atoms with van der Waals surface area (Å²) < 4.78 is 5.45. The van der Waals surface area contributed by atoms with Crippen LogP contribution in [0.3, 0.4) is 0 Å². The van der Waals surface area contributed by atoms with E-state index in [1.54, 1.807) is 0 Å². The SMILES string of the molecule is CCOC(C)(C)CNC(=O)C(C)CN. The van der Waals surface area contributed by atoms with Gasteiger partial charge in [-0.1, -0.05) is 6.92 Å². The van der Waals surface area contributed by atoms with Gasteiger partial charge in [0.05, 0.1) is 5.60 Å². The van der Waals surface area contributed by atoms with Gasteiger partial charge >= 0.3 is 0 Å². The third-order valence-electron chi connectivity index (χ3n) is 2.02. The van der Waals surface area contributed by atoms with Gasteiger partial charge in [0.15, 0.2) is 0 Å². The van der Waals surface area contributed by atoms with Gasteiger partial charge < -0.3 is 15.8 Å². The molecule has 0 aromatic carbocycles. The van der Waals surface area contributed by atoms with Gasteiger partial charge in [0, 0.05) is 25.6 Å². The Morgan fingerprint density at radius 1 is 1.57 bits per heavy atom. The molecule has 0 saturated heterocycles. The van der Waals surface area contributed by atoms with Crippen LogP contribution < -0.4 is 11.1 Å². The van der Waals surface area contributed by atoms with Crippen LogP contribution in [0.5, 0.6) is 0 Å². The second kappa shape index (κ2) is 5.98. The van der Waals surface area contributed by atoms with Gasteiger partial charge in [-0.3, -0.25) is 4.79 Å². The maximum absolute atomic E-state index is 11.4. The molecule has 0 saturated carbocycles. The van der Waals surface area contributed by atoms with E-state index in [1.807, 2.05) is 27.7 Å². The highest BCUT2D eigenvalue weighted by Gasteiger charge is 2.19. The van der Waals surface area contributed by atoms with Crippen molar-refractivity contribution in [2.24, 2.45) is 11.7 Å². The second-order valence-corrected chi connectivity index (χ2v) is 4.05. The molecule has 0 aromatic rings. The Labute approximate surface area is 86.2 Å². The van der Waals surface area contributed by atoms with Gasteiger partial charge in [-0.15, -0.1) is 0 Å². The van der Waals surface area contributed by atoms with Crippen molar-refractivity contribution in [2.45, 2.75) is 33.3 Å². The minimum absolute atomic E-state index is 0.0136. The van der Waals surface area contributed by atoms with Gasteiger partial charge in [-0.25, -0.2) is 0 Å². The lowest BCUT2D eigenvalue weighted by Crippen LogP contribution is -2.43. The molecular formula is C10H22N2O2. The number of amides is 1. The Morgan fingerprint density at radius 3 is 2.57 bits per heavy atom. The molecule has 0 fully saturated rings. The molecule has 14 heavy (non-hydrogen) atoms. The summed E-state index contributed by atoms with van der Waals surface area (Å²) in [7, 11) is 0. The third-order valence-corrected chi connectivity index (χ3v) is 2.02. The van der Waals surface area contributed by atoms with Crippen LogP contribution in [0.2, 0.25) is 0 Å². The number of hydrogen-bond acceptors (Lipinski definition) is 3. The molecule has 84 valence electrons. The summed E-state index contributed by atoms with van der Waals surface area (Å²) in [6.45, 7) is 9.18. The van der Waals surface area contributed by atoms with Crippen LogP contribution in [0, 0.1) is 5.92 Å². The fourth-order valence-corrected chi connectivity index (χ4v) is 1.02. The van der Waals surface area contributed by atoms with Crippen LogP contribution in [0.15, 0.2) is 0 Å². The van der Waals surface area contributed by atoms with Gasteiger partial charge in [0.25, 0.3) is 0 Å². The zero-order valence-electron chi connectivity index (χ0n) is 9.59. The molecule has 0 radical (unpaired) electrons. The minimum Gasteiger partial charge on any atom is -0.374 e. The summed E-state index contributed by atoms with van der Waals surface area (Å²) in [6.07, 6.45) is 0. The molecule has 4 nitrogen and oxygen atoms in total. The summed E-state index contributed by atoms with van der Waals surface area (Å²) in [6, 6.07) is 0.